The van der Waals surface area contributed by atoms with Gasteiger partial charge in [-0.2, -0.15) is 0 Å². The van der Waals surface area contributed by atoms with Crippen molar-refractivity contribution in [2.24, 2.45) is 5.92 Å². The number of rotatable bonds is 4. The maximum absolute atomic E-state index is 12.6. The Morgan fingerprint density at radius 1 is 1.11 bits per heavy atom. The molecule has 8 nitrogen and oxygen atoms in total. The summed E-state index contributed by atoms with van der Waals surface area (Å²) < 4.78 is 7.11. The first kappa shape index (κ1) is 23.4. The quantitative estimate of drug-likeness (QED) is 0.557. The van der Waals surface area contributed by atoms with Gasteiger partial charge in [0.15, 0.2) is 0 Å². The second kappa shape index (κ2) is 9.34. The standard InChI is InChI=1S/C27H31N3O5/c1-16-11-12-20-21(29(16)27(34)35-2)13-14-22-23(20)28-25(24(31)17-7-4-3-5-8-17)30(22)19-10-6-9-18(15-19)26(32)33/h3-5,7-8,13-14,16,18-19,24,31H,6,9-12,15H2,1-2H3,(H,32,33)/t16-,18+,19+,24+/m0/s1. The third kappa shape index (κ3) is 4.05. The lowest BCUT2D eigenvalue weighted by atomic mass is 9.85. The van der Waals surface area contributed by atoms with E-state index in [0.717, 1.165) is 53.5 Å². The summed E-state index contributed by atoms with van der Waals surface area (Å²) >= 11 is 0. The van der Waals surface area contributed by atoms with Crippen LogP contribution in [0, 0.1) is 5.92 Å². The molecule has 2 aliphatic rings. The zero-order valence-electron chi connectivity index (χ0n) is 20.1. The fourth-order valence-corrected chi connectivity index (χ4v) is 5.78. The molecule has 2 heterocycles. The first-order valence-corrected chi connectivity index (χ1v) is 12.3. The first-order valence-electron chi connectivity index (χ1n) is 12.3. The van der Waals surface area contributed by atoms with Gasteiger partial charge in [0.05, 0.1) is 29.7 Å². The number of hydrogen-bond donors (Lipinski definition) is 2. The fraction of sp³-hybridized carbons (Fsp3) is 0.444. The van der Waals surface area contributed by atoms with E-state index in [-0.39, 0.29) is 12.1 Å². The fourth-order valence-electron chi connectivity index (χ4n) is 5.78. The number of carbonyl (C=O) groups excluding carboxylic acids is 1. The van der Waals surface area contributed by atoms with Crippen molar-refractivity contribution in [2.45, 2.75) is 63.6 Å². The van der Waals surface area contributed by atoms with E-state index in [2.05, 4.69) is 4.57 Å². The van der Waals surface area contributed by atoms with Crippen LogP contribution in [0.5, 0.6) is 0 Å². The third-order valence-corrected chi connectivity index (χ3v) is 7.57. The van der Waals surface area contributed by atoms with Crippen LogP contribution in [0.15, 0.2) is 42.5 Å². The Morgan fingerprint density at radius 2 is 1.89 bits per heavy atom. The van der Waals surface area contributed by atoms with Crippen molar-refractivity contribution in [1.82, 2.24) is 9.55 Å². The van der Waals surface area contributed by atoms with E-state index < -0.39 is 24.1 Å². The van der Waals surface area contributed by atoms with Gasteiger partial charge in [-0.15, -0.1) is 0 Å². The van der Waals surface area contributed by atoms with Gasteiger partial charge in [-0.05, 0) is 56.7 Å². The monoisotopic (exact) mass is 477 g/mol. The number of fused-ring (bicyclic) bond motifs is 3. The molecule has 0 bridgehead atoms. The second-order valence-corrected chi connectivity index (χ2v) is 9.67. The van der Waals surface area contributed by atoms with E-state index in [1.54, 1.807) is 4.90 Å². The Balaban J connectivity index is 1.69. The van der Waals surface area contributed by atoms with Crippen molar-refractivity contribution in [2.75, 3.05) is 12.0 Å². The molecule has 4 atom stereocenters. The number of carboxylic acids is 1. The van der Waals surface area contributed by atoms with Gasteiger partial charge in [0.25, 0.3) is 0 Å². The van der Waals surface area contributed by atoms with Crippen LogP contribution in [0.4, 0.5) is 10.5 Å². The average Bonchev–Trinajstić information content (AvgIpc) is 3.28. The molecule has 3 aromatic rings. The number of imidazole rings is 1. The van der Waals surface area contributed by atoms with Gasteiger partial charge in [0.1, 0.15) is 11.9 Å². The number of ether oxygens (including phenoxy) is 1. The lowest BCUT2D eigenvalue weighted by molar-refractivity contribution is -0.143. The Bertz CT molecular complexity index is 1250. The molecule has 0 spiro atoms. The number of amides is 1. The van der Waals surface area contributed by atoms with Gasteiger partial charge in [-0.25, -0.2) is 9.78 Å². The topological polar surface area (TPSA) is 105 Å². The molecule has 2 aromatic carbocycles. The molecule has 1 amide bonds. The van der Waals surface area contributed by atoms with Crippen molar-refractivity contribution in [3.05, 3.63) is 59.4 Å². The number of aryl methyl sites for hydroxylation is 1. The molecule has 2 N–H and O–H groups in total. The highest BCUT2D eigenvalue weighted by molar-refractivity contribution is 5.95. The highest BCUT2D eigenvalue weighted by atomic mass is 16.5. The van der Waals surface area contributed by atoms with Crippen molar-refractivity contribution in [3.8, 4) is 0 Å². The molecule has 0 unspecified atom stereocenters. The second-order valence-electron chi connectivity index (χ2n) is 9.67. The van der Waals surface area contributed by atoms with Crippen LogP contribution in [0.3, 0.4) is 0 Å². The summed E-state index contributed by atoms with van der Waals surface area (Å²) in [7, 11) is 1.38. The number of aliphatic hydroxyl groups excluding tert-OH is 1. The molecular formula is C27H31N3O5. The summed E-state index contributed by atoms with van der Waals surface area (Å²) in [5.41, 5.74) is 4.08. The number of hydrogen-bond acceptors (Lipinski definition) is 5. The predicted octanol–water partition coefficient (Wildman–Crippen LogP) is 4.84. The maximum atomic E-state index is 12.6. The van der Waals surface area contributed by atoms with Crippen LogP contribution in [0.2, 0.25) is 0 Å². The molecule has 5 rings (SSSR count). The Hall–Kier alpha value is -3.39. The maximum Gasteiger partial charge on any atom is 0.414 e. The van der Waals surface area contributed by atoms with Gasteiger partial charge in [-0.3, -0.25) is 9.69 Å². The summed E-state index contributed by atoms with van der Waals surface area (Å²) in [6.45, 7) is 2.00. The van der Waals surface area contributed by atoms with Crippen molar-refractivity contribution in [3.63, 3.8) is 0 Å². The SMILES string of the molecule is COC(=O)N1c2ccc3c(nc([C@H](O)c4ccccc4)n3[C@@H]3CCC[C@@H](C(=O)O)C3)c2CC[C@@H]1C. The van der Waals surface area contributed by atoms with Crippen LogP contribution >= 0.6 is 0 Å². The van der Waals surface area contributed by atoms with E-state index in [1.807, 2.05) is 49.4 Å². The minimum Gasteiger partial charge on any atom is -0.481 e. The zero-order chi connectivity index (χ0) is 24.7. The van der Waals surface area contributed by atoms with Gasteiger partial charge in [0, 0.05) is 17.6 Å². The number of anilines is 1. The molecule has 35 heavy (non-hydrogen) atoms. The summed E-state index contributed by atoms with van der Waals surface area (Å²) in [4.78, 5) is 31.0. The molecule has 1 aromatic heterocycles. The van der Waals surface area contributed by atoms with Crippen molar-refractivity contribution >= 4 is 28.8 Å². The third-order valence-electron chi connectivity index (χ3n) is 7.57. The van der Waals surface area contributed by atoms with Crippen molar-refractivity contribution < 1.29 is 24.5 Å². The van der Waals surface area contributed by atoms with E-state index in [9.17, 15) is 19.8 Å². The number of nitrogens with zero attached hydrogens (tertiary/aromatic N) is 3. The number of aromatic nitrogens is 2. The number of methoxy groups -OCH3 is 1. The van der Waals surface area contributed by atoms with Crippen LogP contribution in [0.25, 0.3) is 11.0 Å². The highest BCUT2D eigenvalue weighted by Gasteiger charge is 2.35. The molecule has 0 radical (unpaired) electrons. The molecule has 1 fully saturated rings. The molecule has 184 valence electrons. The van der Waals surface area contributed by atoms with E-state index in [4.69, 9.17) is 9.72 Å². The van der Waals surface area contributed by atoms with E-state index >= 15 is 0 Å². The summed E-state index contributed by atoms with van der Waals surface area (Å²) in [6, 6.07) is 13.2. The van der Waals surface area contributed by atoms with E-state index in [1.165, 1.54) is 7.11 Å². The number of carboxylic acid groups (broad SMARTS) is 1. The lowest BCUT2D eigenvalue weighted by Crippen LogP contribution is -2.42. The number of benzene rings is 2. The van der Waals surface area contributed by atoms with E-state index in [0.29, 0.717) is 18.7 Å². The molecule has 8 heteroatoms. The zero-order valence-corrected chi connectivity index (χ0v) is 20.1. The normalized spacial score (nSPS) is 23.1. The number of aliphatic hydroxyl groups is 1. The van der Waals surface area contributed by atoms with Gasteiger partial charge in [0.2, 0.25) is 0 Å². The summed E-state index contributed by atoms with van der Waals surface area (Å²) in [5.74, 6) is -0.676. The largest absolute Gasteiger partial charge is 0.481 e. The van der Waals surface area contributed by atoms with Gasteiger partial charge in [-0.1, -0.05) is 36.8 Å². The van der Waals surface area contributed by atoms with Crippen LogP contribution < -0.4 is 4.90 Å². The number of aliphatic carboxylic acids is 1. The van der Waals surface area contributed by atoms with Crippen LogP contribution in [-0.2, 0) is 16.0 Å². The summed E-state index contributed by atoms with van der Waals surface area (Å²) in [5, 5.41) is 21.1. The highest BCUT2D eigenvalue weighted by Crippen LogP contribution is 2.42. The van der Waals surface area contributed by atoms with Crippen LogP contribution in [-0.4, -0.2) is 45.0 Å². The minimum atomic E-state index is -0.955. The molecule has 1 aliphatic carbocycles. The van der Waals surface area contributed by atoms with Crippen LogP contribution in [0.1, 0.15) is 68.1 Å². The molecule has 0 saturated heterocycles. The Labute approximate surface area is 204 Å². The van der Waals surface area contributed by atoms with Gasteiger partial charge < -0.3 is 19.5 Å². The first-order chi connectivity index (χ1) is 16.9. The lowest BCUT2D eigenvalue weighted by Gasteiger charge is -2.34. The van der Waals surface area contributed by atoms with Crippen molar-refractivity contribution in [1.29, 1.82) is 0 Å². The average molecular weight is 478 g/mol. The van der Waals surface area contributed by atoms with Gasteiger partial charge >= 0.3 is 12.1 Å². The molecule has 1 aliphatic heterocycles. The minimum absolute atomic E-state index is 0.00136. The Morgan fingerprint density at radius 3 is 2.60 bits per heavy atom. The number of carbonyl (C=O) groups is 2. The molecule has 1 saturated carbocycles. The Kier molecular flexibility index (Phi) is 6.23. The smallest absolute Gasteiger partial charge is 0.414 e. The molecular weight excluding hydrogens is 446 g/mol. The summed E-state index contributed by atoms with van der Waals surface area (Å²) in [6.07, 6.45) is 2.96. The predicted molar refractivity (Wildman–Crippen MR) is 132 cm³/mol.